The van der Waals surface area contributed by atoms with Crippen LogP contribution in [-0.4, -0.2) is 5.91 Å². The Bertz CT molecular complexity index is 628. The monoisotopic (exact) mass is 413 g/mol. The molecule has 0 aromatic heterocycles. The van der Waals surface area contributed by atoms with E-state index in [0.29, 0.717) is 10.5 Å². The van der Waals surface area contributed by atoms with Crippen molar-refractivity contribution in [3.05, 3.63) is 62.5 Å². The van der Waals surface area contributed by atoms with Crippen molar-refractivity contribution in [1.29, 1.82) is 0 Å². The van der Waals surface area contributed by atoms with Crippen LogP contribution in [0.4, 0.5) is 0 Å². The Labute approximate surface area is 140 Å². The summed E-state index contributed by atoms with van der Waals surface area (Å²) < 4.78 is 1.92. The highest BCUT2D eigenvalue weighted by Crippen LogP contribution is 2.21. The zero-order valence-corrected chi connectivity index (χ0v) is 14.8. The summed E-state index contributed by atoms with van der Waals surface area (Å²) in [4.78, 5) is 12.9. The molecule has 1 unspecified atom stereocenters. The standard InChI is InChI=1S/C15H13Br2NOS/c1-9(10-2-4-11(16)5-3-10)18-15(19)13-7-6-12(17)8-14(13)20/h2-9,20H,1H3,(H,18,19). The third-order valence-electron chi connectivity index (χ3n) is 2.92. The molecule has 5 heteroatoms. The summed E-state index contributed by atoms with van der Waals surface area (Å²) in [5, 5.41) is 2.97. The van der Waals surface area contributed by atoms with Crippen molar-refractivity contribution < 1.29 is 4.79 Å². The van der Waals surface area contributed by atoms with E-state index >= 15 is 0 Å². The number of nitrogens with one attached hydrogen (secondary N) is 1. The summed E-state index contributed by atoms with van der Waals surface area (Å²) in [5.74, 6) is -0.127. The van der Waals surface area contributed by atoms with Gasteiger partial charge in [-0.1, -0.05) is 44.0 Å². The van der Waals surface area contributed by atoms with Crippen LogP contribution < -0.4 is 5.32 Å². The lowest BCUT2D eigenvalue weighted by Crippen LogP contribution is -2.26. The van der Waals surface area contributed by atoms with Gasteiger partial charge < -0.3 is 5.32 Å². The molecule has 2 nitrogen and oxygen atoms in total. The Morgan fingerprint density at radius 1 is 1.10 bits per heavy atom. The zero-order chi connectivity index (χ0) is 14.7. The molecule has 1 atom stereocenters. The van der Waals surface area contributed by atoms with E-state index in [9.17, 15) is 4.79 Å². The van der Waals surface area contributed by atoms with Crippen LogP contribution in [0.5, 0.6) is 0 Å². The van der Waals surface area contributed by atoms with E-state index in [1.165, 1.54) is 0 Å². The zero-order valence-electron chi connectivity index (χ0n) is 10.7. The predicted octanol–water partition coefficient (Wildman–Crippen LogP) is 4.99. The molecular formula is C15H13Br2NOS. The number of benzene rings is 2. The predicted molar refractivity (Wildman–Crippen MR) is 91.4 cm³/mol. The molecule has 1 N–H and O–H groups in total. The molecule has 2 aromatic carbocycles. The molecule has 20 heavy (non-hydrogen) atoms. The molecule has 2 rings (SSSR count). The fraction of sp³-hybridized carbons (Fsp3) is 0.133. The molecule has 0 fully saturated rings. The summed E-state index contributed by atoms with van der Waals surface area (Å²) in [5.41, 5.74) is 1.62. The van der Waals surface area contributed by atoms with Crippen molar-refractivity contribution >= 4 is 50.4 Å². The minimum atomic E-state index is -0.127. The maximum atomic E-state index is 12.2. The summed E-state index contributed by atoms with van der Waals surface area (Å²) in [6.45, 7) is 1.96. The molecule has 0 aliphatic rings. The minimum Gasteiger partial charge on any atom is -0.345 e. The average molecular weight is 415 g/mol. The quantitative estimate of drug-likeness (QED) is 0.680. The molecule has 0 radical (unpaired) electrons. The van der Waals surface area contributed by atoms with E-state index in [1.54, 1.807) is 6.07 Å². The molecule has 0 aliphatic carbocycles. The topological polar surface area (TPSA) is 29.1 Å². The van der Waals surface area contributed by atoms with Gasteiger partial charge in [-0.05, 0) is 42.8 Å². The van der Waals surface area contributed by atoms with Crippen molar-refractivity contribution in [3.63, 3.8) is 0 Å². The number of carbonyl (C=O) groups is 1. The lowest BCUT2D eigenvalue weighted by Gasteiger charge is -2.15. The van der Waals surface area contributed by atoms with Crippen LogP contribution in [0.25, 0.3) is 0 Å². The molecule has 0 bridgehead atoms. The summed E-state index contributed by atoms with van der Waals surface area (Å²) in [6, 6.07) is 13.2. The van der Waals surface area contributed by atoms with Gasteiger partial charge in [0.05, 0.1) is 11.6 Å². The van der Waals surface area contributed by atoms with Crippen LogP contribution in [-0.2, 0) is 0 Å². The molecule has 104 valence electrons. The van der Waals surface area contributed by atoms with E-state index < -0.39 is 0 Å². The molecule has 2 aromatic rings. The largest absolute Gasteiger partial charge is 0.345 e. The van der Waals surface area contributed by atoms with E-state index in [2.05, 4.69) is 49.8 Å². The maximum Gasteiger partial charge on any atom is 0.252 e. The second kappa shape index (κ2) is 6.78. The summed E-state index contributed by atoms with van der Waals surface area (Å²) >= 11 is 11.1. The van der Waals surface area contributed by atoms with Gasteiger partial charge in [-0.25, -0.2) is 0 Å². The highest BCUT2D eigenvalue weighted by atomic mass is 79.9. The van der Waals surface area contributed by atoms with Crippen LogP contribution in [0.15, 0.2) is 56.3 Å². The number of rotatable bonds is 3. The molecule has 0 saturated heterocycles. The van der Waals surface area contributed by atoms with Crippen molar-refractivity contribution in [3.8, 4) is 0 Å². The fourth-order valence-corrected chi connectivity index (χ4v) is 2.92. The number of carbonyl (C=O) groups excluding carboxylic acids is 1. The number of amides is 1. The van der Waals surface area contributed by atoms with Crippen LogP contribution in [0.1, 0.15) is 28.9 Å². The second-order valence-electron chi connectivity index (χ2n) is 4.41. The highest BCUT2D eigenvalue weighted by molar-refractivity contribution is 9.10. The molecule has 0 heterocycles. The first-order valence-corrected chi connectivity index (χ1v) is 8.05. The molecule has 0 spiro atoms. The summed E-state index contributed by atoms with van der Waals surface area (Å²) in [6.07, 6.45) is 0. The van der Waals surface area contributed by atoms with Gasteiger partial charge in [0.1, 0.15) is 0 Å². The van der Waals surface area contributed by atoms with E-state index in [-0.39, 0.29) is 11.9 Å². The first-order valence-electron chi connectivity index (χ1n) is 6.02. The Morgan fingerprint density at radius 2 is 1.70 bits per heavy atom. The van der Waals surface area contributed by atoms with Gasteiger partial charge in [-0.15, -0.1) is 12.6 Å². The molecule has 1 amide bonds. The van der Waals surface area contributed by atoms with Gasteiger partial charge in [0.25, 0.3) is 5.91 Å². The van der Waals surface area contributed by atoms with Crippen molar-refractivity contribution in [1.82, 2.24) is 5.32 Å². The lowest BCUT2D eigenvalue weighted by atomic mass is 10.1. The first kappa shape index (κ1) is 15.6. The lowest BCUT2D eigenvalue weighted by molar-refractivity contribution is 0.0937. The van der Waals surface area contributed by atoms with E-state index in [4.69, 9.17) is 0 Å². The van der Waals surface area contributed by atoms with Crippen LogP contribution in [0.3, 0.4) is 0 Å². The normalized spacial score (nSPS) is 12.0. The Hall–Kier alpha value is -0.780. The van der Waals surface area contributed by atoms with Gasteiger partial charge in [0, 0.05) is 13.8 Å². The van der Waals surface area contributed by atoms with E-state index in [1.807, 2.05) is 43.3 Å². The van der Waals surface area contributed by atoms with Gasteiger partial charge in [0.2, 0.25) is 0 Å². The Kier molecular flexibility index (Phi) is 5.29. The molecule has 0 saturated carbocycles. The SMILES string of the molecule is CC(NC(=O)c1ccc(Br)cc1S)c1ccc(Br)cc1. The average Bonchev–Trinajstić information content (AvgIpc) is 2.39. The second-order valence-corrected chi connectivity index (χ2v) is 6.72. The Morgan fingerprint density at radius 3 is 2.30 bits per heavy atom. The third-order valence-corrected chi connectivity index (χ3v) is 4.31. The van der Waals surface area contributed by atoms with Gasteiger partial charge in [-0.3, -0.25) is 4.79 Å². The van der Waals surface area contributed by atoms with Gasteiger partial charge in [0.15, 0.2) is 0 Å². The van der Waals surface area contributed by atoms with Crippen LogP contribution in [0, 0.1) is 0 Å². The van der Waals surface area contributed by atoms with Crippen molar-refractivity contribution in [2.24, 2.45) is 0 Å². The third kappa shape index (κ3) is 3.87. The van der Waals surface area contributed by atoms with E-state index in [0.717, 1.165) is 14.5 Å². The first-order chi connectivity index (χ1) is 9.47. The van der Waals surface area contributed by atoms with Gasteiger partial charge >= 0.3 is 0 Å². The summed E-state index contributed by atoms with van der Waals surface area (Å²) in [7, 11) is 0. The van der Waals surface area contributed by atoms with Crippen molar-refractivity contribution in [2.45, 2.75) is 17.9 Å². The number of hydrogen-bond donors (Lipinski definition) is 2. The van der Waals surface area contributed by atoms with Crippen LogP contribution >= 0.6 is 44.5 Å². The van der Waals surface area contributed by atoms with Crippen molar-refractivity contribution in [2.75, 3.05) is 0 Å². The van der Waals surface area contributed by atoms with Gasteiger partial charge in [-0.2, -0.15) is 0 Å². The number of hydrogen-bond acceptors (Lipinski definition) is 2. The fourth-order valence-electron chi connectivity index (χ4n) is 1.81. The molecule has 0 aliphatic heterocycles. The highest BCUT2D eigenvalue weighted by Gasteiger charge is 2.13. The number of thiol groups is 1. The Balaban J connectivity index is 2.13. The smallest absolute Gasteiger partial charge is 0.252 e. The molecular weight excluding hydrogens is 402 g/mol. The number of halogens is 2. The minimum absolute atomic E-state index is 0.0630. The van der Waals surface area contributed by atoms with Crippen LogP contribution in [0.2, 0.25) is 0 Å². The maximum absolute atomic E-state index is 12.2.